The molecule has 0 N–H and O–H groups in total. The molecule has 0 aromatic carbocycles. The number of hydrogen-bond donors (Lipinski definition) is 0. The molecule has 0 radical (unpaired) electrons. The van der Waals surface area contributed by atoms with Gasteiger partial charge in [0, 0.05) is 31.4 Å². The molecule has 0 aromatic heterocycles. The van der Waals surface area contributed by atoms with Gasteiger partial charge in [-0.2, -0.15) is 0 Å². The largest absolute Gasteiger partial charge is 0.372 e. The predicted molar refractivity (Wildman–Crippen MR) is 135 cm³/mol. The molecule has 3 nitrogen and oxygen atoms in total. The van der Waals surface area contributed by atoms with E-state index in [1.165, 1.54) is 43.3 Å². The van der Waals surface area contributed by atoms with Crippen molar-refractivity contribution in [3.63, 3.8) is 0 Å². The number of ketones is 1. The lowest BCUT2D eigenvalue weighted by atomic mass is 9.56. The van der Waals surface area contributed by atoms with Gasteiger partial charge in [0.15, 0.2) is 5.78 Å². The number of alkyl halides is 1. The van der Waals surface area contributed by atoms with Gasteiger partial charge >= 0.3 is 0 Å². The SMILES string of the molecule is C/C1=C2\C[C@H]3[C@@H](CCC4=CC(=O)CC[C@@]43C)[C@@H]2CC[C@H](C)[C@H]2[C@@H](C[C@H](C)CN2CCCl)OC1. The fourth-order valence-electron chi connectivity index (χ4n) is 8.68. The summed E-state index contributed by atoms with van der Waals surface area (Å²) in [6.45, 7) is 12.6. The summed E-state index contributed by atoms with van der Waals surface area (Å²) < 4.78 is 6.76. The van der Waals surface area contributed by atoms with Crippen molar-refractivity contribution < 1.29 is 9.53 Å². The van der Waals surface area contributed by atoms with E-state index in [9.17, 15) is 4.79 Å². The lowest BCUT2D eigenvalue weighted by molar-refractivity contribution is -0.116. The molecule has 1 saturated heterocycles. The third-order valence-electron chi connectivity index (χ3n) is 10.4. The molecule has 2 heterocycles. The van der Waals surface area contributed by atoms with Crippen LogP contribution in [0, 0.1) is 35.0 Å². The van der Waals surface area contributed by atoms with Gasteiger partial charge in [-0.3, -0.25) is 9.69 Å². The minimum Gasteiger partial charge on any atom is -0.372 e. The quantitative estimate of drug-likeness (QED) is 0.343. The summed E-state index contributed by atoms with van der Waals surface area (Å²) in [5, 5.41) is 0. The first kappa shape index (κ1) is 24.1. The second-order valence-electron chi connectivity index (χ2n) is 12.4. The van der Waals surface area contributed by atoms with Gasteiger partial charge < -0.3 is 4.74 Å². The highest BCUT2D eigenvalue weighted by Crippen LogP contribution is 2.62. The highest BCUT2D eigenvalue weighted by atomic mass is 35.5. The first-order chi connectivity index (χ1) is 15.8. The monoisotopic (exact) mass is 473 g/mol. The zero-order chi connectivity index (χ0) is 23.3. The average Bonchev–Trinajstić information content (AvgIpc) is 3.16. The van der Waals surface area contributed by atoms with E-state index in [0.29, 0.717) is 47.5 Å². The van der Waals surface area contributed by atoms with Gasteiger partial charge in [0.25, 0.3) is 0 Å². The molecule has 0 bridgehead atoms. The number of hydrogen-bond acceptors (Lipinski definition) is 3. The number of rotatable bonds is 2. The number of piperidine rings is 1. The summed E-state index contributed by atoms with van der Waals surface area (Å²) in [6, 6.07) is 0.495. The van der Waals surface area contributed by atoms with E-state index in [0.717, 1.165) is 44.9 Å². The minimum absolute atomic E-state index is 0.227. The first-order valence-corrected chi connectivity index (χ1v) is 14.2. The highest BCUT2D eigenvalue weighted by Gasteiger charge is 2.53. The van der Waals surface area contributed by atoms with Crippen molar-refractivity contribution >= 4 is 17.4 Å². The number of fused-ring (bicyclic) bond motifs is 6. The van der Waals surface area contributed by atoms with E-state index in [1.807, 2.05) is 6.08 Å². The van der Waals surface area contributed by atoms with E-state index in [2.05, 4.69) is 32.6 Å². The average molecular weight is 474 g/mol. The van der Waals surface area contributed by atoms with Crippen LogP contribution >= 0.6 is 11.6 Å². The summed E-state index contributed by atoms with van der Waals surface area (Å²) in [5.74, 6) is 4.54. The third-order valence-corrected chi connectivity index (χ3v) is 10.5. The van der Waals surface area contributed by atoms with Crippen molar-refractivity contribution in [1.29, 1.82) is 0 Å². The van der Waals surface area contributed by atoms with Crippen molar-refractivity contribution in [1.82, 2.24) is 4.90 Å². The number of halogens is 1. The number of carbonyl (C=O) groups is 1. The Morgan fingerprint density at radius 3 is 2.82 bits per heavy atom. The van der Waals surface area contributed by atoms with Gasteiger partial charge in [0.05, 0.1) is 12.7 Å². The van der Waals surface area contributed by atoms with Crippen LogP contribution in [0.5, 0.6) is 0 Å². The summed E-state index contributed by atoms with van der Waals surface area (Å²) in [5.41, 5.74) is 4.91. The number of allylic oxidation sites excluding steroid dienone is 3. The minimum atomic E-state index is 0.227. The fourth-order valence-corrected chi connectivity index (χ4v) is 8.90. The van der Waals surface area contributed by atoms with Crippen molar-refractivity contribution in [2.24, 2.45) is 35.0 Å². The van der Waals surface area contributed by atoms with Gasteiger partial charge in [-0.15, -0.1) is 11.6 Å². The van der Waals surface area contributed by atoms with Crippen LogP contribution in [0.15, 0.2) is 22.8 Å². The molecular formula is C29H44ClNO2. The zero-order valence-electron chi connectivity index (χ0n) is 21.2. The number of ether oxygens (including phenoxy) is 1. The van der Waals surface area contributed by atoms with E-state index in [1.54, 1.807) is 5.57 Å². The summed E-state index contributed by atoms with van der Waals surface area (Å²) in [6.07, 6.45) is 11.5. The summed E-state index contributed by atoms with van der Waals surface area (Å²) >= 11 is 6.23. The van der Waals surface area contributed by atoms with Gasteiger partial charge in [-0.1, -0.05) is 31.9 Å². The number of carbonyl (C=O) groups excluding carboxylic acids is 1. The Morgan fingerprint density at radius 1 is 1.21 bits per heavy atom. The molecule has 5 aliphatic rings. The fraction of sp³-hybridized carbons (Fsp3) is 0.828. The second kappa shape index (κ2) is 9.43. The number of nitrogens with zero attached hydrogens (tertiary/aromatic N) is 1. The van der Waals surface area contributed by atoms with Gasteiger partial charge in [0.2, 0.25) is 0 Å². The van der Waals surface area contributed by atoms with Crippen LogP contribution in [0.4, 0.5) is 0 Å². The van der Waals surface area contributed by atoms with Crippen molar-refractivity contribution in [2.45, 2.75) is 91.2 Å². The zero-order valence-corrected chi connectivity index (χ0v) is 22.0. The van der Waals surface area contributed by atoms with E-state index < -0.39 is 0 Å². The van der Waals surface area contributed by atoms with Crippen molar-refractivity contribution in [3.05, 3.63) is 22.8 Å². The molecule has 0 aromatic rings. The molecule has 2 saturated carbocycles. The van der Waals surface area contributed by atoms with Crippen molar-refractivity contribution in [3.8, 4) is 0 Å². The molecule has 0 unspecified atom stereocenters. The van der Waals surface area contributed by atoms with Crippen LogP contribution in [0.1, 0.15) is 79.1 Å². The summed E-state index contributed by atoms with van der Waals surface area (Å²) in [7, 11) is 0. The highest BCUT2D eigenvalue weighted by molar-refractivity contribution is 6.18. The van der Waals surface area contributed by atoms with E-state index in [-0.39, 0.29) is 5.41 Å². The van der Waals surface area contributed by atoms with Crippen molar-refractivity contribution in [2.75, 3.05) is 25.6 Å². The third kappa shape index (κ3) is 4.29. The first-order valence-electron chi connectivity index (χ1n) is 13.7. The van der Waals surface area contributed by atoms with E-state index in [4.69, 9.17) is 16.3 Å². The molecule has 184 valence electrons. The topological polar surface area (TPSA) is 29.5 Å². The molecular weight excluding hydrogens is 430 g/mol. The maximum Gasteiger partial charge on any atom is 0.155 e. The Kier molecular flexibility index (Phi) is 6.88. The van der Waals surface area contributed by atoms with Crippen LogP contribution in [-0.2, 0) is 9.53 Å². The van der Waals surface area contributed by atoms with Crippen LogP contribution in [0.2, 0.25) is 0 Å². The molecule has 8 atom stereocenters. The van der Waals surface area contributed by atoms with Gasteiger partial charge in [0.1, 0.15) is 0 Å². The molecule has 5 rings (SSSR count). The Morgan fingerprint density at radius 2 is 2.03 bits per heavy atom. The Labute approximate surface area is 206 Å². The van der Waals surface area contributed by atoms with E-state index >= 15 is 0 Å². The van der Waals surface area contributed by atoms with Crippen LogP contribution in [0.25, 0.3) is 0 Å². The summed E-state index contributed by atoms with van der Waals surface area (Å²) in [4.78, 5) is 14.8. The maximum atomic E-state index is 12.2. The molecule has 0 spiro atoms. The molecule has 3 aliphatic carbocycles. The number of likely N-dealkylation sites (tertiary alicyclic amines) is 1. The normalized spacial score (nSPS) is 46.6. The Balaban J connectivity index is 1.43. The standard InChI is InChI=1S/C29H44ClNO2/c1-18-13-27-28(31(16-18)12-11-30)19(2)5-7-23-24-8-6-21-14-22(32)9-10-29(21,4)26(24)15-25(23)20(3)17-33-27/h14,18-19,23-24,26-28H,5-13,15-17H2,1-4H3/b25-20-/t18-,19-,23-,24-,26-,27+,28-,29-/m0/s1. The second-order valence-corrected chi connectivity index (χ2v) is 12.8. The molecule has 0 amide bonds. The molecule has 3 fully saturated rings. The van der Waals surface area contributed by atoms with Gasteiger partial charge in [-0.05, 0) is 98.5 Å². The Bertz CT molecular complexity index is 833. The lowest BCUT2D eigenvalue weighted by Crippen LogP contribution is -2.55. The maximum absolute atomic E-state index is 12.2. The predicted octanol–water partition coefficient (Wildman–Crippen LogP) is 6.41. The molecule has 4 heteroatoms. The van der Waals surface area contributed by atoms with Crippen LogP contribution in [-0.4, -0.2) is 48.4 Å². The molecule has 2 aliphatic heterocycles. The lowest BCUT2D eigenvalue weighted by Gasteiger charge is -2.48. The van der Waals surface area contributed by atoms with Crippen LogP contribution < -0.4 is 0 Å². The Hall–Kier alpha value is -0.640. The molecule has 33 heavy (non-hydrogen) atoms. The van der Waals surface area contributed by atoms with Gasteiger partial charge in [-0.25, -0.2) is 0 Å². The van der Waals surface area contributed by atoms with Crippen LogP contribution in [0.3, 0.4) is 0 Å². The smallest absolute Gasteiger partial charge is 0.155 e.